The minimum atomic E-state index is -1.51. The number of carboxylic acids is 1. The van der Waals surface area contributed by atoms with Crippen LogP contribution in [0.4, 0.5) is 0 Å². The topological polar surface area (TPSA) is 92.4 Å². The summed E-state index contributed by atoms with van der Waals surface area (Å²) in [5.41, 5.74) is 6.19. The second-order valence-corrected chi connectivity index (χ2v) is 4.30. The van der Waals surface area contributed by atoms with Crippen LogP contribution >= 0.6 is 15.9 Å². The molecule has 0 saturated carbocycles. The normalized spacial score (nSPS) is 11.9. The Morgan fingerprint density at radius 2 is 2.06 bits per heavy atom. The van der Waals surface area contributed by atoms with Gasteiger partial charge in [-0.3, -0.25) is 4.79 Å². The molecular formula is C11H13BrN2O3. The van der Waals surface area contributed by atoms with Crippen LogP contribution in [-0.4, -0.2) is 29.6 Å². The molecule has 4 N–H and O–H groups in total. The van der Waals surface area contributed by atoms with Crippen molar-refractivity contribution >= 4 is 27.8 Å². The molecule has 0 aromatic heterocycles. The summed E-state index contributed by atoms with van der Waals surface area (Å²) in [4.78, 5) is 21.7. The third-order valence-corrected chi connectivity index (χ3v) is 2.97. The van der Waals surface area contributed by atoms with Gasteiger partial charge in [-0.25, -0.2) is 4.79 Å². The average Bonchev–Trinajstić information content (AvgIpc) is 2.30. The molecule has 0 radical (unpaired) electrons. The van der Waals surface area contributed by atoms with Crippen LogP contribution < -0.4 is 11.1 Å². The average molecular weight is 301 g/mol. The fourth-order valence-electron chi connectivity index (χ4n) is 1.24. The predicted octanol–water partition coefficient (Wildman–Crippen LogP) is 0.520. The standard InChI is InChI=1S/C11H13BrN2O3/c12-8-4-2-1-3-7(8)5-6-14-10(15)9(13)11(16)17/h1-4,9H,5-6,13H2,(H,14,15)(H,16,17). The van der Waals surface area contributed by atoms with E-state index in [9.17, 15) is 9.59 Å². The molecule has 0 aliphatic heterocycles. The molecule has 6 heteroatoms. The van der Waals surface area contributed by atoms with Crippen LogP contribution in [0.2, 0.25) is 0 Å². The highest BCUT2D eigenvalue weighted by molar-refractivity contribution is 9.10. The number of nitrogens with one attached hydrogen (secondary N) is 1. The summed E-state index contributed by atoms with van der Waals surface area (Å²) in [7, 11) is 0. The Morgan fingerprint density at radius 3 is 2.65 bits per heavy atom. The number of carbonyl (C=O) groups excluding carboxylic acids is 1. The summed E-state index contributed by atoms with van der Waals surface area (Å²) in [6, 6.07) is 6.11. The summed E-state index contributed by atoms with van der Waals surface area (Å²) in [5, 5.41) is 11.0. The number of benzene rings is 1. The molecule has 0 bridgehead atoms. The molecule has 0 aliphatic carbocycles. The van der Waals surface area contributed by atoms with E-state index >= 15 is 0 Å². The molecule has 1 rings (SSSR count). The Bertz CT molecular complexity index is 423. The Balaban J connectivity index is 2.41. The van der Waals surface area contributed by atoms with E-state index in [0.717, 1.165) is 10.0 Å². The number of nitrogens with two attached hydrogens (primary N) is 1. The van der Waals surface area contributed by atoms with Crippen molar-refractivity contribution in [1.29, 1.82) is 0 Å². The quantitative estimate of drug-likeness (QED) is 0.691. The molecule has 0 fully saturated rings. The first kappa shape index (κ1) is 13.7. The van der Waals surface area contributed by atoms with E-state index in [4.69, 9.17) is 10.8 Å². The van der Waals surface area contributed by atoms with E-state index in [1.165, 1.54) is 0 Å². The predicted molar refractivity (Wildman–Crippen MR) is 66.5 cm³/mol. The van der Waals surface area contributed by atoms with E-state index in [1.54, 1.807) is 0 Å². The number of carbonyl (C=O) groups is 2. The fourth-order valence-corrected chi connectivity index (χ4v) is 1.73. The van der Waals surface area contributed by atoms with Gasteiger partial charge in [0.15, 0.2) is 6.04 Å². The number of rotatable bonds is 5. The van der Waals surface area contributed by atoms with Crippen LogP contribution in [-0.2, 0) is 16.0 Å². The molecule has 1 unspecified atom stereocenters. The molecule has 1 aromatic rings. The minimum absolute atomic E-state index is 0.350. The van der Waals surface area contributed by atoms with Crippen molar-refractivity contribution in [2.24, 2.45) is 5.73 Å². The van der Waals surface area contributed by atoms with Crippen LogP contribution in [0.25, 0.3) is 0 Å². The van der Waals surface area contributed by atoms with Crippen molar-refractivity contribution in [3.63, 3.8) is 0 Å². The van der Waals surface area contributed by atoms with Gasteiger partial charge < -0.3 is 16.2 Å². The van der Waals surface area contributed by atoms with Crippen molar-refractivity contribution < 1.29 is 14.7 Å². The second-order valence-electron chi connectivity index (χ2n) is 3.45. The summed E-state index contributed by atoms with van der Waals surface area (Å²) in [6.45, 7) is 0.350. The fraction of sp³-hybridized carbons (Fsp3) is 0.273. The van der Waals surface area contributed by atoms with Gasteiger partial charge in [-0.2, -0.15) is 0 Å². The molecule has 0 heterocycles. The lowest BCUT2D eigenvalue weighted by atomic mass is 10.1. The molecule has 0 saturated heterocycles. The highest BCUT2D eigenvalue weighted by atomic mass is 79.9. The number of hydrogen-bond donors (Lipinski definition) is 3. The van der Waals surface area contributed by atoms with Gasteiger partial charge in [0.05, 0.1) is 0 Å². The maximum Gasteiger partial charge on any atom is 0.330 e. The summed E-state index contributed by atoms with van der Waals surface area (Å²) in [5.74, 6) is -2.01. The second kappa shape index (κ2) is 6.36. The van der Waals surface area contributed by atoms with Gasteiger partial charge in [0.25, 0.3) is 0 Å². The molecular weight excluding hydrogens is 288 g/mol. The molecule has 0 aliphatic rings. The third-order valence-electron chi connectivity index (χ3n) is 2.20. The van der Waals surface area contributed by atoms with Crippen molar-refractivity contribution in [3.05, 3.63) is 34.3 Å². The van der Waals surface area contributed by atoms with E-state index in [-0.39, 0.29) is 0 Å². The van der Waals surface area contributed by atoms with Gasteiger partial charge in [0.2, 0.25) is 5.91 Å². The minimum Gasteiger partial charge on any atom is -0.480 e. The molecule has 1 aromatic carbocycles. The lowest BCUT2D eigenvalue weighted by Crippen LogP contribution is -2.46. The van der Waals surface area contributed by atoms with E-state index in [1.807, 2.05) is 24.3 Å². The maximum atomic E-state index is 11.2. The van der Waals surface area contributed by atoms with Crippen LogP contribution in [0.5, 0.6) is 0 Å². The van der Waals surface area contributed by atoms with Crippen LogP contribution in [0, 0.1) is 0 Å². The van der Waals surface area contributed by atoms with Crippen molar-refractivity contribution in [2.75, 3.05) is 6.54 Å². The van der Waals surface area contributed by atoms with E-state index in [0.29, 0.717) is 13.0 Å². The van der Waals surface area contributed by atoms with Gasteiger partial charge >= 0.3 is 5.97 Å². The highest BCUT2D eigenvalue weighted by Gasteiger charge is 2.20. The van der Waals surface area contributed by atoms with Gasteiger partial charge in [-0.15, -0.1) is 0 Å². The third kappa shape index (κ3) is 4.16. The van der Waals surface area contributed by atoms with Crippen molar-refractivity contribution in [2.45, 2.75) is 12.5 Å². The molecule has 92 valence electrons. The van der Waals surface area contributed by atoms with Crippen molar-refractivity contribution in [1.82, 2.24) is 5.32 Å². The van der Waals surface area contributed by atoms with E-state index < -0.39 is 17.9 Å². The molecule has 1 amide bonds. The maximum absolute atomic E-state index is 11.2. The summed E-state index contributed by atoms with van der Waals surface area (Å²) in [6.07, 6.45) is 0.611. The number of amides is 1. The first-order valence-corrected chi connectivity index (χ1v) is 5.81. The molecule has 1 atom stereocenters. The highest BCUT2D eigenvalue weighted by Crippen LogP contribution is 2.15. The molecule has 0 spiro atoms. The summed E-state index contributed by atoms with van der Waals surface area (Å²) < 4.78 is 0.955. The number of hydrogen-bond acceptors (Lipinski definition) is 3. The van der Waals surface area contributed by atoms with Crippen LogP contribution in [0.15, 0.2) is 28.7 Å². The zero-order valence-electron chi connectivity index (χ0n) is 9.02. The smallest absolute Gasteiger partial charge is 0.330 e. The Kier molecular flexibility index (Phi) is 5.11. The van der Waals surface area contributed by atoms with Gasteiger partial charge in [0.1, 0.15) is 0 Å². The zero-order valence-corrected chi connectivity index (χ0v) is 10.6. The first-order chi connectivity index (χ1) is 8.02. The SMILES string of the molecule is NC(C(=O)O)C(=O)NCCc1ccccc1Br. The van der Waals surface area contributed by atoms with Gasteiger partial charge in [0, 0.05) is 11.0 Å². The monoisotopic (exact) mass is 300 g/mol. The number of halogens is 1. The number of carboxylic acid groups (broad SMARTS) is 1. The summed E-state index contributed by atoms with van der Waals surface area (Å²) >= 11 is 3.38. The Morgan fingerprint density at radius 1 is 1.41 bits per heavy atom. The van der Waals surface area contributed by atoms with Gasteiger partial charge in [-0.05, 0) is 18.1 Å². The van der Waals surface area contributed by atoms with Crippen LogP contribution in [0.1, 0.15) is 5.56 Å². The first-order valence-electron chi connectivity index (χ1n) is 5.02. The Labute approximate surface area is 107 Å². The van der Waals surface area contributed by atoms with Crippen LogP contribution in [0.3, 0.4) is 0 Å². The number of aliphatic carboxylic acids is 1. The largest absolute Gasteiger partial charge is 0.480 e. The zero-order chi connectivity index (χ0) is 12.8. The molecule has 17 heavy (non-hydrogen) atoms. The lowest BCUT2D eigenvalue weighted by Gasteiger charge is -2.09. The Hall–Kier alpha value is -1.40. The van der Waals surface area contributed by atoms with E-state index in [2.05, 4.69) is 21.2 Å². The molecule has 5 nitrogen and oxygen atoms in total. The van der Waals surface area contributed by atoms with Crippen molar-refractivity contribution in [3.8, 4) is 0 Å². The van der Waals surface area contributed by atoms with Gasteiger partial charge in [-0.1, -0.05) is 34.1 Å². The lowest BCUT2D eigenvalue weighted by molar-refractivity contribution is -0.142.